The number of aromatic nitrogens is 2. The average molecular weight is 654 g/mol. The number of nitrogens with zero attached hydrogens (tertiary/aromatic N) is 5. The molecule has 45 heavy (non-hydrogen) atoms. The number of sulfonamides is 1. The van der Waals surface area contributed by atoms with Crippen LogP contribution in [0.25, 0.3) is 0 Å². The molecule has 1 saturated carbocycles. The summed E-state index contributed by atoms with van der Waals surface area (Å²) in [5, 5.41) is 7.12. The Balaban J connectivity index is 0.000000591. The zero-order chi connectivity index (χ0) is 32.9. The molecule has 244 valence electrons. The average Bonchev–Trinajstić information content (AvgIpc) is 3.72. The van der Waals surface area contributed by atoms with Gasteiger partial charge in [-0.05, 0) is 61.6 Å². The maximum Gasteiger partial charge on any atom is 0.490 e. The first-order valence-corrected chi connectivity index (χ1v) is 15.5. The summed E-state index contributed by atoms with van der Waals surface area (Å²) in [7, 11) is -2.26. The molecule has 3 aromatic rings. The second-order valence-electron chi connectivity index (χ2n) is 10.7. The maximum atomic E-state index is 13.7. The summed E-state index contributed by atoms with van der Waals surface area (Å²) >= 11 is 0. The van der Waals surface area contributed by atoms with Crippen LogP contribution < -0.4 is 4.74 Å². The normalized spacial score (nSPS) is 15.8. The van der Waals surface area contributed by atoms with E-state index in [1.165, 1.54) is 10.6 Å². The van der Waals surface area contributed by atoms with Crippen molar-refractivity contribution in [1.29, 1.82) is 0 Å². The molecule has 1 saturated heterocycles. The maximum absolute atomic E-state index is 13.7. The number of amides is 1. The lowest BCUT2D eigenvalue weighted by atomic mass is 10.1. The second kappa shape index (κ2) is 14.0. The van der Waals surface area contributed by atoms with Crippen molar-refractivity contribution in [3.63, 3.8) is 0 Å². The van der Waals surface area contributed by atoms with Crippen molar-refractivity contribution in [3.8, 4) is 5.75 Å². The summed E-state index contributed by atoms with van der Waals surface area (Å²) in [5.74, 6) is -2.13. The van der Waals surface area contributed by atoms with Gasteiger partial charge in [0.05, 0.1) is 18.6 Å². The van der Waals surface area contributed by atoms with Gasteiger partial charge >= 0.3 is 12.1 Å². The van der Waals surface area contributed by atoms with E-state index >= 15 is 0 Å². The van der Waals surface area contributed by atoms with E-state index in [0.29, 0.717) is 30.0 Å². The van der Waals surface area contributed by atoms with Gasteiger partial charge in [-0.15, -0.1) is 0 Å². The van der Waals surface area contributed by atoms with E-state index < -0.39 is 22.2 Å². The van der Waals surface area contributed by atoms with E-state index in [1.54, 1.807) is 44.2 Å². The quantitative estimate of drug-likeness (QED) is 0.363. The van der Waals surface area contributed by atoms with E-state index in [4.69, 9.17) is 19.1 Å². The summed E-state index contributed by atoms with van der Waals surface area (Å²) in [6.07, 6.45) is 1.43. The molecule has 16 heteroatoms. The Labute approximate surface area is 258 Å². The highest BCUT2D eigenvalue weighted by molar-refractivity contribution is 7.89. The number of benzene rings is 1. The minimum atomic E-state index is -5.08. The Kier molecular flexibility index (Phi) is 10.5. The molecule has 2 aliphatic rings. The first kappa shape index (κ1) is 33.9. The van der Waals surface area contributed by atoms with Crippen LogP contribution in [0, 0.1) is 13.8 Å². The van der Waals surface area contributed by atoms with Gasteiger partial charge in [0.25, 0.3) is 5.91 Å². The molecule has 1 amide bonds. The summed E-state index contributed by atoms with van der Waals surface area (Å²) in [4.78, 5) is 34.9. The summed E-state index contributed by atoms with van der Waals surface area (Å²) in [6, 6.07) is 7.31. The van der Waals surface area contributed by atoms with Crippen molar-refractivity contribution in [1.82, 2.24) is 24.1 Å². The molecule has 0 spiro atoms. The number of oxazole rings is 1. The van der Waals surface area contributed by atoms with Crippen molar-refractivity contribution >= 4 is 21.9 Å². The lowest BCUT2D eigenvalue weighted by Crippen LogP contribution is -2.48. The number of carboxylic acids is 1. The number of halogens is 3. The van der Waals surface area contributed by atoms with E-state index in [2.05, 4.69) is 14.9 Å². The van der Waals surface area contributed by atoms with Crippen molar-refractivity contribution in [2.24, 2.45) is 0 Å². The van der Waals surface area contributed by atoms with Gasteiger partial charge in [-0.3, -0.25) is 14.7 Å². The third-order valence-electron chi connectivity index (χ3n) is 7.28. The predicted octanol–water partition coefficient (Wildman–Crippen LogP) is 3.64. The third kappa shape index (κ3) is 8.58. The number of alkyl halides is 3. The van der Waals surface area contributed by atoms with Crippen molar-refractivity contribution in [3.05, 3.63) is 71.2 Å². The monoisotopic (exact) mass is 653 g/mol. The molecule has 12 nitrogen and oxygen atoms in total. The topological polar surface area (TPSA) is 146 Å². The highest BCUT2D eigenvalue weighted by Gasteiger charge is 2.41. The highest BCUT2D eigenvalue weighted by atomic mass is 32.2. The van der Waals surface area contributed by atoms with Gasteiger partial charge < -0.3 is 19.2 Å². The molecule has 1 aliphatic heterocycles. The number of hydrogen-bond donors (Lipinski definition) is 1. The van der Waals surface area contributed by atoms with E-state index in [0.717, 1.165) is 38.0 Å². The summed E-state index contributed by atoms with van der Waals surface area (Å²) in [6.45, 7) is 6.98. The SMILES string of the molecule is COc1cc(C)c(S(=O)(=O)N(Cc2nc(C(=O)N3CCN(Cc4cccnc4)CC3)co2)C2CC2)c(C)c1.O=C(O)C(F)(F)F. The van der Waals surface area contributed by atoms with Gasteiger partial charge in [0.1, 0.15) is 12.0 Å². The molecular weight excluding hydrogens is 619 g/mol. The molecule has 5 rings (SSSR count). The molecule has 1 aromatic carbocycles. The van der Waals surface area contributed by atoms with Gasteiger partial charge in [-0.2, -0.15) is 17.5 Å². The molecule has 0 atom stereocenters. The number of carbonyl (C=O) groups is 2. The fraction of sp³-hybridized carbons (Fsp3) is 0.448. The zero-order valence-electron chi connectivity index (χ0n) is 25.0. The number of hydrogen-bond acceptors (Lipinski definition) is 9. The number of carboxylic acid groups (broad SMARTS) is 1. The minimum Gasteiger partial charge on any atom is -0.497 e. The van der Waals surface area contributed by atoms with Crippen LogP contribution in [-0.2, 0) is 27.9 Å². The standard InChI is InChI=1S/C27H33N5O5S.C2HF3O2/c1-19-13-23(36-3)14-20(2)26(19)38(34,35)32(22-6-7-22)17-25-29-24(18-37-25)27(33)31-11-9-30(10-12-31)16-21-5-4-8-28-15-21;3-2(4,5)1(6)7/h4-5,8,13-15,18,22H,6-7,9-12,16-17H2,1-3H3;(H,6,7). The van der Waals surface area contributed by atoms with Gasteiger partial charge in [0, 0.05) is 51.2 Å². The Morgan fingerprint density at radius 2 is 1.76 bits per heavy atom. The smallest absolute Gasteiger partial charge is 0.490 e. The van der Waals surface area contributed by atoms with Crippen molar-refractivity contribution in [2.75, 3.05) is 33.3 Å². The molecule has 3 heterocycles. The van der Waals surface area contributed by atoms with E-state index in [-0.39, 0.29) is 35.0 Å². The first-order valence-electron chi connectivity index (χ1n) is 14.0. The number of pyridine rings is 1. The summed E-state index contributed by atoms with van der Waals surface area (Å²) in [5.41, 5.74) is 2.59. The van der Waals surface area contributed by atoms with Gasteiger partial charge in [-0.25, -0.2) is 18.2 Å². The van der Waals surface area contributed by atoms with Crippen LogP contribution >= 0.6 is 0 Å². The number of ether oxygens (including phenoxy) is 1. The summed E-state index contributed by atoms with van der Waals surface area (Å²) < 4.78 is 71.6. The van der Waals surface area contributed by atoms with Crippen LogP contribution in [0.15, 0.2) is 52.2 Å². The number of aliphatic carboxylic acids is 1. The van der Waals surface area contributed by atoms with Gasteiger partial charge in [0.15, 0.2) is 5.69 Å². The van der Waals surface area contributed by atoms with E-state index in [1.807, 2.05) is 18.3 Å². The fourth-order valence-electron chi connectivity index (χ4n) is 4.96. The number of piperazine rings is 1. The van der Waals surface area contributed by atoms with E-state index in [9.17, 15) is 26.4 Å². The van der Waals surface area contributed by atoms with Crippen LogP contribution in [0.3, 0.4) is 0 Å². The Morgan fingerprint density at radius 1 is 1.13 bits per heavy atom. The van der Waals surface area contributed by atoms with Crippen LogP contribution in [0.1, 0.15) is 45.9 Å². The lowest BCUT2D eigenvalue weighted by Gasteiger charge is -2.34. The van der Waals surface area contributed by atoms with Crippen LogP contribution in [0.4, 0.5) is 13.2 Å². The number of carbonyl (C=O) groups excluding carboxylic acids is 1. The minimum absolute atomic E-state index is 0.0237. The number of aryl methyl sites for hydroxylation is 2. The van der Waals surface area contributed by atoms with Gasteiger partial charge in [0.2, 0.25) is 15.9 Å². The molecule has 2 aromatic heterocycles. The molecule has 0 radical (unpaired) electrons. The second-order valence-corrected chi connectivity index (χ2v) is 12.6. The molecule has 1 aliphatic carbocycles. The number of methoxy groups -OCH3 is 1. The molecule has 2 fully saturated rings. The zero-order valence-corrected chi connectivity index (χ0v) is 25.8. The van der Waals surface area contributed by atoms with Crippen molar-refractivity contribution < 1.29 is 45.4 Å². The first-order chi connectivity index (χ1) is 21.2. The number of rotatable bonds is 9. The van der Waals surface area contributed by atoms with Crippen LogP contribution in [-0.4, -0.2) is 95.0 Å². The van der Waals surface area contributed by atoms with Crippen LogP contribution in [0.5, 0.6) is 5.75 Å². The Morgan fingerprint density at radius 3 is 2.27 bits per heavy atom. The predicted molar refractivity (Wildman–Crippen MR) is 154 cm³/mol. The molecule has 0 bridgehead atoms. The van der Waals surface area contributed by atoms with Gasteiger partial charge in [-0.1, -0.05) is 6.07 Å². The lowest BCUT2D eigenvalue weighted by molar-refractivity contribution is -0.192. The molecule has 1 N–H and O–H groups in total. The van der Waals surface area contributed by atoms with Crippen LogP contribution in [0.2, 0.25) is 0 Å². The third-order valence-corrected chi connectivity index (χ3v) is 9.49. The Bertz CT molecular complexity index is 1580. The largest absolute Gasteiger partial charge is 0.497 e. The molecular formula is C29H34F3N5O7S. The fourth-order valence-corrected chi connectivity index (χ4v) is 7.01. The highest BCUT2D eigenvalue weighted by Crippen LogP contribution is 2.36. The molecule has 0 unspecified atom stereocenters. The van der Waals surface area contributed by atoms with Crippen molar-refractivity contribution in [2.45, 2.75) is 56.9 Å². The Hall–Kier alpha value is -4.02.